The Morgan fingerprint density at radius 1 is 1.12 bits per heavy atom. The Labute approximate surface area is 145 Å². The number of carbonyl (C=O) groups is 1. The first kappa shape index (κ1) is 16.3. The third-order valence-electron chi connectivity index (χ3n) is 3.60. The standard InChI is InChI=1S/C19H16ClNO3/c1-23-19(22)11-13-6-9-18(16(20)10-13)24-12-15-8-7-14-4-2-3-5-17(14)21-15/h2-10H,11-12H2,1H3. The quantitative estimate of drug-likeness (QED) is 0.653. The zero-order chi connectivity index (χ0) is 16.9. The molecule has 0 amide bonds. The van der Waals surface area contributed by atoms with Gasteiger partial charge in [-0.2, -0.15) is 0 Å². The molecule has 0 unspecified atom stereocenters. The molecule has 3 rings (SSSR count). The maximum Gasteiger partial charge on any atom is 0.309 e. The number of benzene rings is 2. The minimum atomic E-state index is -0.305. The van der Waals surface area contributed by atoms with Crippen molar-refractivity contribution in [3.8, 4) is 5.75 Å². The first-order valence-electron chi connectivity index (χ1n) is 7.48. The van der Waals surface area contributed by atoms with Crippen molar-refractivity contribution in [3.05, 3.63) is 70.9 Å². The van der Waals surface area contributed by atoms with Crippen molar-refractivity contribution in [2.75, 3.05) is 7.11 Å². The monoisotopic (exact) mass is 341 g/mol. The van der Waals surface area contributed by atoms with Gasteiger partial charge in [0.2, 0.25) is 0 Å². The summed E-state index contributed by atoms with van der Waals surface area (Å²) in [5.41, 5.74) is 2.53. The van der Waals surface area contributed by atoms with Crippen LogP contribution < -0.4 is 4.74 Å². The minimum absolute atomic E-state index is 0.183. The van der Waals surface area contributed by atoms with Crippen LogP contribution in [-0.2, 0) is 22.6 Å². The number of hydrogen-bond donors (Lipinski definition) is 0. The minimum Gasteiger partial charge on any atom is -0.486 e. The highest BCUT2D eigenvalue weighted by Crippen LogP contribution is 2.26. The van der Waals surface area contributed by atoms with Gasteiger partial charge in [-0.3, -0.25) is 4.79 Å². The lowest BCUT2D eigenvalue weighted by molar-refractivity contribution is -0.139. The van der Waals surface area contributed by atoms with Crippen molar-refractivity contribution in [1.82, 2.24) is 4.98 Å². The fourth-order valence-electron chi connectivity index (χ4n) is 2.35. The maximum atomic E-state index is 11.3. The lowest BCUT2D eigenvalue weighted by Gasteiger charge is -2.09. The molecule has 122 valence electrons. The zero-order valence-corrected chi connectivity index (χ0v) is 13.9. The van der Waals surface area contributed by atoms with Gasteiger partial charge in [0, 0.05) is 5.39 Å². The summed E-state index contributed by atoms with van der Waals surface area (Å²) in [7, 11) is 1.36. The molecule has 24 heavy (non-hydrogen) atoms. The Kier molecular flexibility index (Phi) is 4.96. The highest BCUT2D eigenvalue weighted by Gasteiger charge is 2.08. The van der Waals surface area contributed by atoms with Gasteiger partial charge < -0.3 is 9.47 Å². The number of carbonyl (C=O) groups excluding carboxylic acids is 1. The number of esters is 1. The molecular formula is C19H16ClNO3. The van der Waals surface area contributed by atoms with E-state index in [-0.39, 0.29) is 12.4 Å². The molecule has 0 aliphatic rings. The van der Waals surface area contributed by atoms with Crippen molar-refractivity contribution in [2.45, 2.75) is 13.0 Å². The van der Waals surface area contributed by atoms with Gasteiger partial charge in [0.25, 0.3) is 0 Å². The van der Waals surface area contributed by atoms with E-state index < -0.39 is 0 Å². The van der Waals surface area contributed by atoms with Crippen molar-refractivity contribution in [1.29, 1.82) is 0 Å². The molecule has 0 saturated carbocycles. The summed E-state index contributed by atoms with van der Waals surface area (Å²) in [6, 6.07) is 17.1. The average Bonchev–Trinajstić information content (AvgIpc) is 2.60. The number of nitrogens with zero attached hydrogens (tertiary/aromatic N) is 1. The van der Waals surface area contributed by atoms with Crippen LogP contribution in [0.15, 0.2) is 54.6 Å². The summed E-state index contributed by atoms with van der Waals surface area (Å²) in [4.78, 5) is 15.8. The van der Waals surface area contributed by atoms with E-state index in [0.29, 0.717) is 17.4 Å². The number of rotatable bonds is 5. The largest absolute Gasteiger partial charge is 0.486 e. The van der Waals surface area contributed by atoms with Crippen LogP contribution in [0, 0.1) is 0 Å². The Balaban J connectivity index is 1.70. The van der Waals surface area contributed by atoms with E-state index in [1.165, 1.54) is 7.11 Å². The molecule has 0 bridgehead atoms. The number of halogens is 1. The number of methoxy groups -OCH3 is 1. The Hall–Kier alpha value is -2.59. The molecule has 3 aromatic rings. The second-order valence-corrected chi connectivity index (χ2v) is 5.71. The van der Waals surface area contributed by atoms with Gasteiger partial charge in [-0.05, 0) is 29.8 Å². The summed E-state index contributed by atoms with van der Waals surface area (Å²) in [6.45, 7) is 0.320. The SMILES string of the molecule is COC(=O)Cc1ccc(OCc2ccc3ccccc3n2)c(Cl)c1. The predicted molar refractivity (Wildman–Crippen MR) is 93.2 cm³/mol. The first-order valence-corrected chi connectivity index (χ1v) is 7.86. The number of pyridine rings is 1. The summed E-state index contributed by atoms with van der Waals surface area (Å²) in [5, 5.41) is 1.55. The van der Waals surface area contributed by atoms with Crippen LogP contribution >= 0.6 is 11.6 Å². The Bertz CT molecular complexity index is 879. The van der Waals surface area contributed by atoms with E-state index in [1.807, 2.05) is 36.4 Å². The number of hydrogen-bond acceptors (Lipinski definition) is 4. The maximum absolute atomic E-state index is 11.3. The van der Waals surface area contributed by atoms with Gasteiger partial charge in [0.05, 0.1) is 29.8 Å². The second-order valence-electron chi connectivity index (χ2n) is 5.30. The van der Waals surface area contributed by atoms with Gasteiger partial charge in [-0.25, -0.2) is 4.98 Å². The van der Waals surface area contributed by atoms with Crippen molar-refractivity contribution >= 4 is 28.5 Å². The predicted octanol–water partition coefficient (Wildman–Crippen LogP) is 4.18. The Morgan fingerprint density at radius 3 is 2.75 bits per heavy atom. The summed E-state index contributed by atoms with van der Waals surface area (Å²) in [6.07, 6.45) is 0.183. The van der Waals surface area contributed by atoms with E-state index >= 15 is 0 Å². The van der Waals surface area contributed by atoms with Gasteiger partial charge >= 0.3 is 5.97 Å². The third kappa shape index (κ3) is 3.84. The van der Waals surface area contributed by atoms with Crippen LogP contribution in [0.3, 0.4) is 0 Å². The molecule has 2 aromatic carbocycles. The number of ether oxygens (including phenoxy) is 2. The van der Waals surface area contributed by atoms with Gasteiger partial charge in [-0.1, -0.05) is 41.9 Å². The molecule has 0 saturated heterocycles. The van der Waals surface area contributed by atoms with Crippen molar-refractivity contribution in [2.24, 2.45) is 0 Å². The van der Waals surface area contributed by atoms with Crippen LogP contribution in [0.25, 0.3) is 10.9 Å². The normalized spacial score (nSPS) is 10.6. The first-order chi connectivity index (χ1) is 11.7. The summed E-state index contributed by atoms with van der Waals surface area (Å²) < 4.78 is 10.4. The lowest BCUT2D eigenvalue weighted by Crippen LogP contribution is -2.04. The molecule has 0 atom stereocenters. The highest BCUT2D eigenvalue weighted by molar-refractivity contribution is 6.32. The number of aromatic nitrogens is 1. The van der Waals surface area contributed by atoms with Crippen molar-refractivity contribution in [3.63, 3.8) is 0 Å². The smallest absolute Gasteiger partial charge is 0.309 e. The van der Waals surface area contributed by atoms with Gasteiger partial charge in [-0.15, -0.1) is 0 Å². The lowest BCUT2D eigenvalue weighted by atomic mass is 10.1. The fraction of sp³-hybridized carbons (Fsp3) is 0.158. The van der Waals surface area contributed by atoms with Crippen LogP contribution in [0.5, 0.6) is 5.75 Å². The molecule has 4 nitrogen and oxygen atoms in total. The van der Waals surface area contributed by atoms with Crippen LogP contribution in [0.2, 0.25) is 5.02 Å². The van der Waals surface area contributed by atoms with Gasteiger partial charge in [0.15, 0.2) is 0 Å². The third-order valence-corrected chi connectivity index (χ3v) is 3.90. The summed E-state index contributed by atoms with van der Waals surface area (Å²) >= 11 is 6.22. The Morgan fingerprint density at radius 2 is 1.96 bits per heavy atom. The topological polar surface area (TPSA) is 48.4 Å². The molecule has 0 fully saturated rings. The van der Waals surface area contributed by atoms with Crippen LogP contribution in [0.4, 0.5) is 0 Å². The number of para-hydroxylation sites is 1. The molecule has 0 radical (unpaired) electrons. The average molecular weight is 342 g/mol. The van der Waals surface area contributed by atoms with Crippen LogP contribution in [0.1, 0.15) is 11.3 Å². The molecule has 5 heteroatoms. The van der Waals surface area contributed by atoms with Crippen molar-refractivity contribution < 1.29 is 14.3 Å². The molecule has 0 aliphatic carbocycles. The molecule has 0 aliphatic heterocycles. The van der Waals surface area contributed by atoms with E-state index in [1.54, 1.807) is 18.2 Å². The molecule has 1 aromatic heterocycles. The van der Waals surface area contributed by atoms with E-state index in [2.05, 4.69) is 9.72 Å². The van der Waals surface area contributed by atoms with E-state index in [9.17, 15) is 4.79 Å². The van der Waals surface area contributed by atoms with Crippen LogP contribution in [-0.4, -0.2) is 18.1 Å². The van der Waals surface area contributed by atoms with Gasteiger partial charge in [0.1, 0.15) is 12.4 Å². The second kappa shape index (κ2) is 7.32. The molecular weight excluding hydrogens is 326 g/mol. The number of fused-ring (bicyclic) bond motifs is 1. The summed E-state index contributed by atoms with van der Waals surface area (Å²) in [5.74, 6) is 0.250. The highest BCUT2D eigenvalue weighted by atomic mass is 35.5. The molecule has 0 N–H and O–H groups in total. The fourth-order valence-corrected chi connectivity index (χ4v) is 2.61. The molecule has 1 heterocycles. The molecule has 0 spiro atoms. The van der Waals surface area contributed by atoms with E-state index in [4.69, 9.17) is 16.3 Å². The zero-order valence-electron chi connectivity index (χ0n) is 13.2. The van der Waals surface area contributed by atoms with E-state index in [0.717, 1.165) is 22.2 Å².